The number of hydrogen-bond acceptors (Lipinski definition) is 2. The molecule has 0 spiro atoms. The van der Waals surface area contributed by atoms with Gasteiger partial charge in [-0.1, -0.05) is 48.4 Å². The maximum atomic E-state index is 11.0. The number of fused-ring (bicyclic) bond motifs is 1. The van der Waals surface area contributed by atoms with E-state index >= 15 is 0 Å². The topological polar surface area (TPSA) is 51.5 Å². The van der Waals surface area contributed by atoms with Crippen LogP contribution >= 0.6 is 11.6 Å². The molecular weight excluding hydrogens is 410 g/mol. The molecule has 0 aliphatic rings. The van der Waals surface area contributed by atoms with Crippen molar-refractivity contribution in [3.05, 3.63) is 95.1 Å². The molecule has 1 aromatic heterocycles. The maximum Gasteiger partial charge on any atom is 0.335 e. The number of nitrogens with zero attached hydrogens (tertiary/aromatic N) is 1. The molecule has 4 nitrogen and oxygen atoms in total. The average Bonchev–Trinajstić information content (AvgIpc) is 3.18. The zero-order valence-electron chi connectivity index (χ0n) is 17.1. The second kappa shape index (κ2) is 9.71. The highest BCUT2D eigenvalue weighted by Gasteiger charge is 2.10. The molecule has 0 unspecified atom stereocenters. The Bertz CT molecular complexity index is 1180. The van der Waals surface area contributed by atoms with Gasteiger partial charge in [-0.3, -0.25) is 0 Å². The first-order valence-corrected chi connectivity index (χ1v) is 10.8. The van der Waals surface area contributed by atoms with Gasteiger partial charge in [0.1, 0.15) is 11.5 Å². The summed E-state index contributed by atoms with van der Waals surface area (Å²) in [6.45, 7) is 0.987. The predicted molar refractivity (Wildman–Crippen MR) is 124 cm³/mol. The monoisotopic (exact) mass is 433 g/mol. The molecule has 0 saturated heterocycles. The lowest BCUT2D eigenvalue weighted by Gasteiger charge is -2.09. The number of aryl methyl sites for hydroxylation is 2. The number of carboxylic acids is 1. The molecule has 0 bridgehead atoms. The van der Waals surface area contributed by atoms with E-state index in [0.717, 1.165) is 24.8 Å². The number of rotatable bonds is 9. The Hall–Kier alpha value is -3.24. The van der Waals surface area contributed by atoms with Gasteiger partial charge in [0.15, 0.2) is 0 Å². The Kier molecular flexibility index (Phi) is 6.58. The summed E-state index contributed by atoms with van der Waals surface area (Å²) < 4.78 is 8.16. The number of ether oxygens (including phenoxy) is 1. The molecule has 0 aliphatic carbocycles. The summed E-state index contributed by atoms with van der Waals surface area (Å²) in [7, 11) is 0. The van der Waals surface area contributed by atoms with Crippen molar-refractivity contribution in [3.63, 3.8) is 0 Å². The first-order chi connectivity index (χ1) is 15.1. The highest BCUT2D eigenvalue weighted by atomic mass is 35.5. The van der Waals surface area contributed by atoms with Gasteiger partial charge in [0.25, 0.3) is 0 Å². The van der Waals surface area contributed by atoms with Gasteiger partial charge in [-0.15, -0.1) is 0 Å². The molecule has 1 heterocycles. The first-order valence-electron chi connectivity index (χ1n) is 10.4. The van der Waals surface area contributed by atoms with Crippen LogP contribution in [-0.2, 0) is 13.0 Å². The van der Waals surface area contributed by atoms with E-state index in [9.17, 15) is 4.79 Å². The number of unbranched alkanes of at least 4 members (excludes halogenated alkanes) is 2. The first kappa shape index (κ1) is 21.0. The minimum Gasteiger partial charge on any atom is -0.478 e. The molecule has 0 aliphatic heterocycles. The lowest BCUT2D eigenvalue weighted by molar-refractivity contribution is 0.0697. The maximum absolute atomic E-state index is 11.0. The second-order valence-electron chi connectivity index (χ2n) is 7.58. The molecule has 31 heavy (non-hydrogen) atoms. The lowest BCUT2D eigenvalue weighted by atomic mass is 10.1. The van der Waals surface area contributed by atoms with Crippen LogP contribution in [0.5, 0.6) is 11.5 Å². The molecule has 3 aromatic carbocycles. The van der Waals surface area contributed by atoms with Crippen molar-refractivity contribution in [3.8, 4) is 11.5 Å². The molecule has 4 aromatic rings. The Balaban J connectivity index is 1.35. The number of carbonyl (C=O) groups is 1. The summed E-state index contributed by atoms with van der Waals surface area (Å²) in [5.41, 5.74) is 2.70. The largest absolute Gasteiger partial charge is 0.478 e. The van der Waals surface area contributed by atoms with Crippen LogP contribution in [0.4, 0.5) is 0 Å². The van der Waals surface area contributed by atoms with Crippen LogP contribution in [0.25, 0.3) is 10.9 Å². The molecule has 4 rings (SSSR count). The fourth-order valence-corrected chi connectivity index (χ4v) is 3.93. The molecular formula is C26H24ClNO3. The molecule has 0 amide bonds. The quantitative estimate of drug-likeness (QED) is 0.284. The van der Waals surface area contributed by atoms with Gasteiger partial charge in [0, 0.05) is 23.6 Å². The Morgan fingerprint density at radius 3 is 2.55 bits per heavy atom. The van der Waals surface area contributed by atoms with E-state index < -0.39 is 5.97 Å². The molecule has 5 heteroatoms. The van der Waals surface area contributed by atoms with E-state index in [4.69, 9.17) is 21.4 Å². The molecule has 0 atom stereocenters. The van der Waals surface area contributed by atoms with Gasteiger partial charge in [-0.05, 0) is 67.3 Å². The average molecular weight is 434 g/mol. The van der Waals surface area contributed by atoms with E-state index in [1.807, 2.05) is 18.2 Å². The van der Waals surface area contributed by atoms with E-state index in [2.05, 4.69) is 47.2 Å². The SMILES string of the molecule is O=C(O)c1ccc(Oc2ccc3c(ccn3CCCCCc3ccccc3)c2)c(Cl)c1. The summed E-state index contributed by atoms with van der Waals surface area (Å²) in [5.74, 6) is 0.0817. The predicted octanol–water partition coefficient (Wildman–Crippen LogP) is 7.20. The van der Waals surface area contributed by atoms with Crippen LogP contribution in [0, 0.1) is 0 Å². The summed E-state index contributed by atoms with van der Waals surface area (Å²) in [4.78, 5) is 11.0. The van der Waals surface area contributed by atoms with Crippen LogP contribution in [0.2, 0.25) is 5.02 Å². The van der Waals surface area contributed by atoms with Crippen LogP contribution in [-0.4, -0.2) is 15.6 Å². The third-order valence-corrected chi connectivity index (χ3v) is 5.65. The summed E-state index contributed by atoms with van der Waals surface area (Å²) in [5, 5.41) is 10.4. The second-order valence-corrected chi connectivity index (χ2v) is 7.99. The lowest BCUT2D eigenvalue weighted by Crippen LogP contribution is -1.97. The number of carboxylic acid groups (broad SMARTS) is 1. The van der Waals surface area contributed by atoms with Crippen LogP contribution in [0.15, 0.2) is 79.0 Å². The van der Waals surface area contributed by atoms with E-state index in [1.165, 1.54) is 36.1 Å². The highest BCUT2D eigenvalue weighted by molar-refractivity contribution is 6.32. The molecule has 0 radical (unpaired) electrons. The van der Waals surface area contributed by atoms with Crippen LogP contribution in [0.1, 0.15) is 35.2 Å². The third-order valence-electron chi connectivity index (χ3n) is 5.36. The van der Waals surface area contributed by atoms with Gasteiger partial charge >= 0.3 is 5.97 Å². The molecule has 158 valence electrons. The van der Waals surface area contributed by atoms with Gasteiger partial charge < -0.3 is 14.4 Å². The van der Waals surface area contributed by atoms with Gasteiger partial charge in [-0.25, -0.2) is 4.79 Å². The third kappa shape index (κ3) is 5.28. The van der Waals surface area contributed by atoms with Gasteiger partial charge in [-0.2, -0.15) is 0 Å². The number of hydrogen-bond donors (Lipinski definition) is 1. The van der Waals surface area contributed by atoms with Crippen molar-refractivity contribution >= 4 is 28.5 Å². The Morgan fingerprint density at radius 2 is 1.77 bits per heavy atom. The Labute approximate surface area is 186 Å². The van der Waals surface area contributed by atoms with Crippen molar-refractivity contribution in [1.29, 1.82) is 0 Å². The summed E-state index contributed by atoms with van der Waals surface area (Å²) >= 11 is 6.18. The van der Waals surface area contributed by atoms with Crippen molar-refractivity contribution in [2.75, 3.05) is 0 Å². The standard InChI is InChI=1S/C26H24ClNO3/c27-23-18-21(26(29)30)10-13-25(23)31-22-11-12-24-20(17-22)14-16-28(24)15-6-2-5-9-19-7-3-1-4-8-19/h1,3-4,7-8,10-14,16-18H,2,5-6,9,15H2,(H,29,30). The fraction of sp³-hybridized carbons (Fsp3) is 0.192. The van der Waals surface area contributed by atoms with Crippen LogP contribution in [0.3, 0.4) is 0 Å². The zero-order chi connectivity index (χ0) is 21.6. The van der Waals surface area contributed by atoms with E-state index in [1.54, 1.807) is 6.07 Å². The smallest absolute Gasteiger partial charge is 0.335 e. The summed E-state index contributed by atoms with van der Waals surface area (Å²) in [6.07, 6.45) is 6.77. The number of halogens is 1. The minimum atomic E-state index is -1.02. The number of benzene rings is 3. The Morgan fingerprint density at radius 1 is 0.935 bits per heavy atom. The van der Waals surface area contributed by atoms with Crippen molar-refractivity contribution < 1.29 is 14.6 Å². The summed E-state index contributed by atoms with van der Waals surface area (Å²) in [6, 6.07) is 23.1. The fourth-order valence-electron chi connectivity index (χ4n) is 3.71. The molecule has 1 N–H and O–H groups in total. The highest BCUT2D eigenvalue weighted by Crippen LogP contribution is 2.32. The van der Waals surface area contributed by atoms with Crippen molar-refractivity contribution in [2.45, 2.75) is 32.2 Å². The zero-order valence-corrected chi connectivity index (χ0v) is 17.9. The molecule has 0 saturated carbocycles. The van der Waals surface area contributed by atoms with E-state index in [0.29, 0.717) is 11.5 Å². The number of aromatic carboxylic acids is 1. The van der Waals surface area contributed by atoms with Crippen LogP contribution < -0.4 is 4.74 Å². The van der Waals surface area contributed by atoms with Gasteiger partial charge in [0.05, 0.1) is 10.6 Å². The van der Waals surface area contributed by atoms with Gasteiger partial charge in [0.2, 0.25) is 0 Å². The number of aromatic nitrogens is 1. The molecule has 0 fully saturated rings. The van der Waals surface area contributed by atoms with Crippen molar-refractivity contribution in [2.24, 2.45) is 0 Å². The van der Waals surface area contributed by atoms with Crippen molar-refractivity contribution in [1.82, 2.24) is 4.57 Å². The van der Waals surface area contributed by atoms with E-state index in [-0.39, 0.29) is 10.6 Å². The minimum absolute atomic E-state index is 0.133. The normalized spacial score (nSPS) is 11.0.